The van der Waals surface area contributed by atoms with Gasteiger partial charge in [0.15, 0.2) is 11.5 Å². The fraction of sp³-hybridized carbons (Fsp3) is 0.350. The molecule has 0 radical (unpaired) electrons. The zero-order valence-electron chi connectivity index (χ0n) is 16.8. The van der Waals surface area contributed by atoms with Gasteiger partial charge in [-0.3, -0.25) is 0 Å². The van der Waals surface area contributed by atoms with Crippen molar-refractivity contribution in [2.24, 2.45) is 7.05 Å². The van der Waals surface area contributed by atoms with E-state index >= 15 is 0 Å². The van der Waals surface area contributed by atoms with E-state index in [-0.39, 0.29) is 12.4 Å². The monoisotopic (exact) mass is 451 g/mol. The van der Waals surface area contributed by atoms with E-state index in [0.29, 0.717) is 28.6 Å². The second-order valence-electron chi connectivity index (χ2n) is 6.45. The molecule has 30 heavy (non-hydrogen) atoms. The Hall–Kier alpha value is -2.36. The highest BCUT2D eigenvalue weighted by Gasteiger charge is 2.13. The van der Waals surface area contributed by atoms with Crippen LogP contribution in [-0.4, -0.2) is 39.6 Å². The van der Waals surface area contributed by atoms with Gasteiger partial charge in [-0.25, -0.2) is 9.07 Å². The maximum atomic E-state index is 13.8. The van der Waals surface area contributed by atoms with Gasteiger partial charge in [0.25, 0.3) is 0 Å². The number of thioether (sulfide) groups is 1. The lowest BCUT2D eigenvalue weighted by molar-refractivity contribution is 0.279. The molecule has 0 saturated carbocycles. The van der Waals surface area contributed by atoms with Crippen LogP contribution in [-0.2, 0) is 20.2 Å². The van der Waals surface area contributed by atoms with Crippen LogP contribution in [0.4, 0.5) is 4.39 Å². The highest BCUT2D eigenvalue weighted by atomic mass is 35.5. The largest absolute Gasteiger partial charge is 0.493 e. The molecule has 1 N–H and O–H groups in total. The second kappa shape index (κ2) is 11.1. The fourth-order valence-corrected chi connectivity index (χ4v) is 3.79. The Morgan fingerprint density at radius 3 is 2.83 bits per heavy atom. The minimum Gasteiger partial charge on any atom is -0.493 e. The highest BCUT2D eigenvalue weighted by Crippen LogP contribution is 2.37. The van der Waals surface area contributed by atoms with E-state index in [0.717, 1.165) is 29.4 Å². The summed E-state index contributed by atoms with van der Waals surface area (Å²) in [7, 11) is 3.37. The molecular formula is C20H23ClFN5O2S. The summed E-state index contributed by atoms with van der Waals surface area (Å²) in [4.78, 5) is 0. The van der Waals surface area contributed by atoms with Crippen LogP contribution in [0.2, 0.25) is 5.02 Å². The van der Waals surface area contributed by atoms with E-state index in [9.17, 15) is 4.39 Å². The Morgan fingerprint density at radius 1 is 1.27 bits per heavy atom. The molecule has 0 bridgehead atoms. The van der Waals surface area contributed by atoms with Crippen LogP contribution in [0.25, 0.3) is 0 Å². The minimum atomic E-state index is -0.318. The average molecular weight is 452 g/mol. The fourth-order valence-electron chi connectivity index (χ4n) is 2.72. The number of aryl methyl sites for hydroxylation is 1. The maximum Gasteiger partial charge on any atom is 0.209 e. The lowest BCUT2D eigenvalue weighted by atomic mass is 10.2. The molecule has 0 fully saturated rings. The summed E-state index contributed by atoms with van der Waals surface area (Å²) in [6.07, 6.45) is 0.965. The van der Waals surface area contributed by atoms with E-state index in [1.165, 1.54) is 6.07 Å². The molecule has 10 heteroatoms. The van der Waals surface area contributed by atoms with Crippen molar-refractivity contribution in [3.05, 3.63) is 58.4 Å². The molecule has 0 aliphatic carbocycles. The van der Waals surface area contributed by atoms with Gasteiger partial charge in [0.2, 0.25) is 5.16 Å². The molecule has 0 atom stereocenters. The van der Waals surface area contributed by atoms with Crippen LogP contribution < -0.4 is 14.8 Å². The van der Waals surface area contributed by atoms with Crippen molar-refractivity contribution in [1.82, 2.24) is 25.5 Å². The number of nitrogens with zero attached hydrogens (tertiary/aromatic N) is 4. The Kier molecular flexibility index (Phi) is 8.30. The van der Waals surface area contributed by atoms with Crippen LogP contribution in [0.1, 0.15) is 17.5 Å². The third-order valence-electron chi connectivity index (χ3n) is 4.26. The summed E-state index contributed by atoms with van der Waals surface area (Å²) >= 11 is 8.02. The number of rotatable bonds is 11. The topological polar surface area (TPSA) is 74.1 Å². The Morgan fingerprint density at radius 2 is 2.10 bits per heavy atom. The van der Waals surface area contributed by atoms with E-state index in [2.05, 4.69) is 20.8 Å². The summed E-state index contributed by atoms with van der Waals surface area (Å²) in [6, 6.07) is 10.2. The third kappa shape index (κ3) is 6.07. The van der Waals surface area contributed by atoms with Crippen molar-refractivity contribution in [1.29, 1.82) is 0 Å². The lowest BCUT2D eigenvalue weighted by Gasteiger charge is -2.15. The number of halogens is 2. The summed E-state index contributed by atoms with van der Waals surface area (Å²) in [5, 5.41) is 16.0. The number of hydrogen-bond donors (Lipinski definition) is 1. The predicted octanol–water partition coefficient (Wildman–Crippen LogP) is 3.86. The van der Waals surface area contributed by atoms with Crippen LogP contribution in [0.3, 0.4) is 0 Å². The normalized spacial score (nSPS) is 10.9. The quantitative estimate of drug-likeness (QED) is 0.350. The lowest BCUT2D eigenvalue weighted by Crippen LogP contribution is -2.15. The molecule has 0 unspecified atom stereocenters. The molecule has 0 aliphatic rings. The van der Waals surface area contributed by atoms with Crippen molar-refractivity contribution in [3.63, 3.8) is 0 Å². The van der Waals surface area contributed by atoms with Crippen molar-refractivity contribution in [2.75, 3.05) is 19.4 Å². The highest BCUT2D eigenvalue weighted by molar-refractivity contribution is 7.99. The predicted molar refractivity (Wildman–Crippen MR) is 115 cm³/mol. The molecule has 1 aromatic heterocycles. The Labute approximate surface area is 183 Å². The van der Waals surface area contributed by atoms with Gasteiger partial charge in [-0.05, 0) is 47.2 Å². The van der Waals surface area contributed by atoms with Gasteiger partial charge in [0.05, 0.1) is 12.1 Å². The first-order valence-electron chi connectivity index (χ1n) is 9.37. The van der Waals surface area contributed by atoms with Gasteiger partial charge < -0.3 is 14.8 Å². The first-order chi connectivity index (χ1) is 14.6. The van der Waals surface area contributed by atoms with Crippen molar-refractivity contribution in [3.8, 4) is 11.5 Å². The molecule has 3 aromatic rings. The smallest absolute Gasteiger partial charge is 0.209 e. The van der Waals surface area contributed by atoms with Gasteiger partial charge in [0, 0.05) is 24.9 Å². The van der Waals surface area contributed by atoms with Gasteiger partial charge in [-0.2, -0.15) is 0 Å². The van der Waals surface area contributed by atoms with Gasteiger partial charge in [0.1, 0.15) is 12.4 Å². The summed E-state index contributed by atoms with van der Waals surface area (Å²) in [6.45, 7) is 1.54. The average Bonchev–Trinajstić information content (AvgIpc) is 3.15. The molecule has 160 valence electrons. The molecule has 0 saturated heterocycles. The molecular weight excluding hydrogens is 429 g/mol. The summed E-state index contributed by atoms with van der Waals surface area (Å²) in [5.74, 6) is 1.51. The molecule has 0 spiro atoms. The molecule has 1 heterocycles. The van der Waals surface area contributed by atoms with Crippen molar-refractivity contribution in [2.45, 2.75) is 24.7 Å². The number of methoxy groups -OCH3 is 1. The van der Waals surface area contributed by atoms with Crippen molar-refractivity contribution >= 4 is 23.4 Å². The molecule has 3 rings (SSSR count). The summed E-state index contributed by atoms with van der Waals surface area (Å²) in [5.41, 5.74) is 1.43. The zero-order chi connectivity index (χ0) is 21.3. The van der Waals surface area contributed by atoms with E-state index in [1.54, 1.807) is 41.8 Å². The zero-order valence-corrected chi connectivity index (χ0v) is 18.3. The van der Waals surface area contributed by atoms with Crippen molar-refractivity contribution < 1.29 is 13.9 Å². The SMILES string of the molecule is COc1cc(CNCCCSc2nnnn2C)cc(Cl)c1OCc1ccccc1F. The number of tetrazole rings is 1. The van der Waals surface area contributed by atoms with E-state index < -0.39 is 0 Å². The molecule has 7 nitrogen and oxygen atoms in total. The van der Waals surface area contributed by atoms with E-state index in [1.807, 2.05) is 19.2 Å². The number of nitrogens with one attached hydrogen (secondary N) is 1. The molecule has 0 aliphatic heterocycles. The second-order valence-corrected chi connectivity index (χ2v) is 7.92. The van der Waals surface area contributed by atoms with Gasteiger partial charge in [-0.1, -0.05) is 41.6 Å². The number of benzene rings is 2. The number of ether oxygens (including phenoxy) is 2. The first kappa shape index (κ1) is 22.3. The van der Waals surface area contributed by atoms with Crippen LogP contribution in [0, 0.1) is 5.82 Å². The van der Waals surface area contributed by atoms with Gasteiger partial charge >= 0.3 is 0 Å². The number of aromatic nitrogens is 4. The minimum absolute atomic E-state index is 0.0685. The van der Waals surface area contributed by atoms with Crippen LogP contribution in [0.5, 0.6) is 11.5 Å². The molecule has 2 aromatic carbocycles. The van der Waals surface area contributed by atoms with E-state index in [4.69, 9.17) is 21.1 Å². The standard InChI is InChI=1S/C20H23ClFN5O2S/c1-27-20(24-25-26-27)30-9-5-8-23-12-14-10-16(21)19(18(11-14)28-2)29-13-15-6-3-4-7-17(15)22/h3-4,6-7,10-11,23H,5,8-9,12-13H2,1-2H3. The summed E-state index contributed by atoms with van der Waals surface area (Å²) < 4.78 is 26.6. The third-order valence-corrected chi connectivity index (χ3v) is 5.64. The van der Waals surface area contributed by atoms with Crippen LogP contribution in [0.15, 0.2) is 41.6 Å². The first-order valence-corrected chi connectivity index (χ1v) is 10.7. The molecule has 0 amide bonds. The Bertz CT molecular complexity index is 972. The van der Waals surface area contributed by atoms with Crippen LogP contribution >= 0.6 is 23.4 Å². The maximum absolute atomic E-state index is 13.8. The number of hydrogen-bond acceptors (Lipinski definition) is 7. The Balaban J connectivity index is 1.49. The van der Waals surface area contributed by atoms with Gasteiger partial charge in [-0.15, -0.1) is 5.10 Å².